The predicted octanol–water partition coefficient (Wildman–Crippen LogP) is 3.61. The summed E-state index contributed by atoms with van der Waals surface area (Å²) >= 11 is 0. The van der Waals surface area contributed by atoms with E-state index in [2.05, 4.69) is 9.88 Å². The van der Waals surface area contributed by atoms with E-state index in [4.69, 9.17) is 14.2 Å². The van der Waals surface area contributed by atoms with Gasteiger partial charge >= 0.3 is 0 Å². The Morgan fingerprint density at radius 1 is 1.08 bits per heavy atom. The van der Waals surface area contributed by atoms with E-state index in [0.717, 1.165) is 25.3 Å². The van der Waals surface area contributed by atoms with E-state index in [9.17, 15) is 0 Å². The molecule has 2 heterocycles. The minimum Gasteiger partial charge on any atom is -0.492 e. The third-order valence-corrected chi connectivity index (χ3v) is 3.99. The molecule has 1 unspecified atom stereocenters. The zero-order valence-corrected chi connectivity index (χ0v) is 15.4. The average molecular weight is 344 g/mol. The molecule has 1 aromatic heterocycles. The molecule has 1 aliphatic heterocycles. The van der Waals surface area contributed by atoms with Crippen molar-refractivity contribution in [2.75, 3.05) is 33.4 Å². The summed E-state index contributed by atoms with van der Waals surface area (Å²) in [7, 11) is 1.69. The largest absolute Gasteiger partial charge is 0.492 e. The maximum absolute atomic E-state index is 5.99. The summed E-state index contributed by atoms with van der Waals surface area (Å²) in [6, 6.07) is 15.5. The number of para-hydroxylation sites is 1. The van der Waals surface area contributed by atoms with Crippen molar-refractivity contribution in [1.29, 1.82) is 0 Å². The molecule has 3 rings (SSSR count). The van der Waals surface area contributed by atoms with Gasteiger partial charge < -0.3 is 14.2 Å². The smallest absolute Gasteiger partial charge is 0.226 e. The summed E-state index contributed by atoms with van der Waals surface area (Å²) in [4.78, 5) is 6.50. The molecule has 0 saturated carbocycles. The molecular formula is C20H28N2O3. The molecule has 5 nitrogen and oxygen atoms in total. The van der Waals surface area contributed by atoms with Crippen molar-refractivity contribution in [3.8, 4) is 11.6 Å². The molecule has 0 radical (unpaired) electrons. The lowest BCUT2D eigenvalue weighted by atomic mass is 10.2. The fourth-order valence-corrected chi connectivity index (χ4v) is 2.72. The zero-order valence-electron chi connectivity index (χ0n) is 15.4. The number of nitrogens with zero attached hydrogens (tertiary/aromatic N) is 2. The molecule has 1 fully saturated rings. The highest BCUT2D eigenvalue weighted by molar-refractivity contribution is 5.20. The zero-order chi connectivity index (χ0) is 18.0. The standard InChI is InChI=1S/C18H22N2O3.C2H6/c1-21-18(23-17-9-5-6-11-19-17)10-12-20(15-18)13-14-22-16-7-3-2-4-8-16;1-2/h2-9,11H,10,12-15H2,1H3;1-2H3. The van der Waals surface area contributed by atoms with Crippen LogP contribution in [0.4, 0.5) is 0 Å². The lowest BCUT2D eigenvalue weighted by molar-refractivity contribution is -0.154. The van der Waals surface area contributed by atoms with Gasteiger partial charge in [0.15, 0.2) is 0 Å². The van der Waals surface area contributed by atoms with Crippen LogP contribution < -0.4 is 9.47 Å². The first-order valence-corrected chi connectivity index (χ1v) is 8.85. The summed E-state index contributed by atoms with van der Waals surface area (Å²) in [5.74, 6) is 0.868. The SMILES string of the molecule is CC.COC1(Oc2ccccn2)CCN(CCOc2ccccc2)C1. The van der Waals surface area contributed by atoms with Crippen molar-refractivity contribution in [1.82, 2.24) is 9.88 Å². The van der Waals surface area contributed by atoms with Crippen LogP contribution in [0.3, 0.4) is 0 Å². The second-order valence-electron chi connectivity index (χ2n) is 5.57. The van der Waals surface area contributed by atoms with Gasteiger partial charge in [-0.15, -0.1) is 0 Å². The third kappa shape index (κ3) is 5.73. The Kier molecular flexibility index (Phi) is 7.70. The minimum atomic E-state index is -0.624. The highest BCUT2D eigenvalue weighted by Gasteiger charge is 2.40. The van der Waals surface area contributed by atoms with Crippen molar-refractivity contribution in [3.63, 3.8) is 0 Å². The van der Waals surface area contributed by atoms with E-state index >= 15 is 0 Å². The van der Waals surface area contributed by atoms with Gasteiger partial charge in [0.1, 0.15) is 12.4 Å². The number of aromatic nitrogens is 1. The van der Waals surface area contributed by atoms with E-state index in [-0.39, 0.29) is 0 Å². The summed E-state index contributed by atoms with van der Waals surface area (Å²) < 4.78 is 17.4. The molecule has 136 valence electrons. The molecule has 1 aromatic carbocycles. The van der Waals surface area contributed by atoms with Gasteiger partial charge in [0.25, 0.3) is 0 Å². The van der Waals surface area contributed by atoms with Crippen LogP contribution in [0.25, 0.3) is 0 Å². The first-order chi connectivity index (χ1) is 12.3. The fourth-order valence-electron chi connectivity index (χ4n) is 2.72. The highest BCUT2D eigenvalue weighted by Crippen LogP contribution is 2.27. The summed E-state index contributed by atoms with van der Waals surface area (Å²) in [5, 5.41) is 0. The van der Waals surface area contributed by atoms with E-state index in [0.29, 0.717) is 19.0 Å². The molecule has 1 aliphatic rings. The molecular weight excluding hydrogens is 316 g/mol. The van der Waals surface area contributed by atoms with Crippen LogP contribution >= 0.6 is 0 Å². The second kappa shape index (κ2) is 10.0. The Hall–Kier alpha value is -2.11. The topological polar surface area (TPSA) is 43.8 Å². The molecule has 0 amide bonds. The summed E-state index contributed by atoms with van der Waals surface area (Å²) in [5.41, 5.74) is 0. The van der Waals surface area contributed by atoms with Crippen molar-refractivity contribution >= 4 is 0 Å². The van der Waals surface area contributed by atoms with E-state index in [1.54, 1.807) is 13.3 Å². The molecule has 1 atom stereocenters. The number of benzene rings is 1. The number of pyridine rings is 1. The molecule has 0 aliphatic carbocycles. The molecule has 5 heteroatoms. The predicted molar refractivity (Wildman–Crippen MR) is 98.9 cm³/mol. The lowest BCUT2D eigenvalue weighted by Crippen LogP contribution is -2.42. The van der Waals surface area contributed by atoms with Crippen LogP contribution in [0.15, 0.2) is 54.7 Å². The Morgan fingerprint density at radius 3 is 2.52 bits per heavy atom. The lowest BCUT2D eigenvalue weighted by Gasteiger charge is -2.28. The molecule has 0 N–H and O–H groups in total. The number of ether oxygens (including phenoxy) is 3. The summed E-state index contributed by atoms with van der Waals surface area (Å²) in [6.07, 6.45) is 2.53. The third-order valence-electron chi connectivity index (χ3n) is 3.99. The average Bonchev–Trinajstić information content (AvgIpc) is 3.08. The van der Waals surface area contributed by atoms with Crippen LogP contribution in [0.5, 0.6) is 11.6 Å². The van der Waals surface area contributed by atoms with E-state index < -0.39 is 5.79 Å². The molecule has 1 saturated heterocycles. The van der Waals surface area contributed by atoms with Crippen LogP contribution in [0.2, 0.25) is 0 Å². The van der Waals surface area contributed by atoms with Crippen LogP contribution in [-0.2, 0) is 4.74 Å². The molecule has 0 spiro atoms. The van der Waals surface area contributed by atoms with Gasteiger partial charge in [-0.05, 0) is 18.2 Å². The van der Waals surface area contributed by atoms with Gasteiger partial charge in [-0.25, -0.2) is 4.98 Å². The van der Waals surface area contributed by atoms with E-state index in [1.165, 1.54) is 0 Å². The minimum absolute atomic E-state index is 0.594. The number of methoxy groups -OCH3 is 1. The van der Waals surface area contributed by atoms with Gasteiger partial charge in [0.2, 0.25) is 11.7 Å². The number of hydrogen-bond donors (Lipinski definition) is 0. The van der Waals surface area contributed by atoms with Gasteiger partial charge in [0.05, 0.1) is 6.54 Å². The van der Waals surface area contributed by atoms with Crippen LogP contribution in [0.1, 0.15) is 20.3 Å². The van der Waals surface area contributed by atoms with Gasteiger partial charge in [0, 0.05) is 38.9 Å². The van der Waals surface area contributed by atoms with Gasteiger partial charge in [-0.1, -0.05) is 38.1 Å². The maximum Gasteiger partial charge on any atom is 0.226 e. The van der Waals surface area contributed by atoms with Gasteiger partial charge in [-0.3, -0.25) is 4.90 Å². The monoisotopic (exact) mass is 344 g/mol. The number of likely N-dealkylation sites (tertiary alicyclic amines) is 1. The normalized spacial score (nSPS) is 19.8. The van der Waals surface area contributed by atoms with Gasteiger partial charge in [-0.2, -0.15) is 0 Å². The first kappa shape index (κ1) is 19.2. The van der Waals surface area contributed by atoms with Crippen molar-refractivity contribution < 1.29 is 14.2 Å². The van der Waals surface area contributed by atoms with Crippen LogP contribution in [-0.4, -0.2) is 49.0 Å². The molecule has 2 aromatic rings. The van der Waals surface area contributed by atoms with Crippen LogP contribution in [0, 0.1) is 0 Å². The Balaban J connectivity index is 0.00000109. The highest BCUT2D eigenvalue weighted by atomic mass is 16.7. The number of hydrogen-bond acceptors (Lipinski definition) is 5. The Labute approximate surface area is 150 Å². The fraction of sp³-hybridized carbons (Fsp3) is 0.450. The first-order valence-electron chi connectivity index (χ1n) is 8.85. The van der Waals surface area contributed by atoms with E-state index in [1.807, 2.05) is 62.4 Å². The van der Waals surface area contributed by atoms with Crippen molar-refractivity contribution in [3.05, 3.63) is 54.7 Å². The Bertz CT molecular complexity index is 594. The van der Waals surface area contributed by atoms with Crippen molar-refractivity contribution in [2.45, 2.75) is 26.1 Å². The quantitative estimate of drug-likeness (QED) is 0.718. The molecule has 25 heavy (non-hydrogen) atoms. The maximum atomic E-state index is 5.99. The second-order valence-corrected chi connectivity index (χ2v) is 5.57. The Morgan fingerprint density at radius 2 is 1.84 bits per heavy atom. The van der Waals surface area contributed by atoms with Crippen molar-refractivity contribution in [2.24, 2.45) is 0 Å². The molecule has 0 bridgehead atoms. The summed E-state index contributed by atoms with van der Waals surface area (Å²) in [6.45, 7) is 7.11. The number of rotatable bonds is 7.